The molecule has 1 aromatic heterocycles. The Morgan fingerprint density at radius 2 is 1.71 bits per heavy atom. The van der Waals surface area contributed by atoms with Crippen LogP contribution in [0.4, 0.5) is 0 Å². The SMILES string of the molecule is Cc1cccc(C)c1OCc1nnc(SCCOCCO)n1-c1ccccc1. The molecule has 0 amide bonds. The predicted molar refractivity (Wildman–Crippen MR) is 110 cm³/mol. The van der Waals surface area contributed by atoms with Crippen LogP contribution in [0.15, 0.2) is 53.7 Å². The standard InChI is InChI=1S/C21H25N3O3S/c1-16-7-6-8-17(2)20(16)27-15-19-22-23-21(28-14-13-26-12-11-25)24(19)18-9-4-3-5-10-18/h3-10,25H,11-15H2,1-2H3. The van der Waals surface area contributed by atoms with E-state index in [1.54, 1.807) is 11.8 Å². The lowest BCUT2D eigenvalue weighted by atomic mass is 10.1. The minimum absolute atomic E-state index is 0.0324. The summed E-state index contributed by atoms with van der Waals surface area (Å²) < 4.78 is 13.5. The van der Waals surface area contributed by atoms with Crippen molar-refractivity contribution in [3.05, 3.63) is 65.5 Å². The fraction of sp³-hybridized carbons (Fsp3) is 0.333. The van der Waals surface area contributed by atoms with Crippen molar-refractivity contribution in [1.82, 2.24) is 14.8 Å². The summed E-state index contributed by atoms with van der Waals surface area (Å²) in [5.41, 5.74) is 3.19. The molecule has 1 heterocycles. The molecule has 0 bridgehead atoms. The quantitative estimate of drug-likeness (QED) is 0.415. The molecule has 0 spiro atoms. The minimum Gasteiger partial charge on any atom is -0.485 e. The number of para-hydroxylation sites is 2. The van der Waals surface area contributed by atoms with Crippen LogP contribution >= 0.6 is 11.8 Å². The Balaban J connectivity index is 1.78. The smallest absolute Gasteiger partial charge is 0.196 e. The Kier molecular flexibility index (Phi) is 7.47. The van der Waals surface area contributed by atoms with E-state index in [1.807, 2.05) is 66.9 Å². The van der Waals surface area contributed by atoms with Gasteiger partial charge in [-0.25, -0.2) is 0 Å². The molecule has 0 atom stereocenters. The Morgan fingerprint density at radius 3 is 2.43 bits per heavy atom. The lowest BCUT2D eigenvalue weighted by molar-refractivity contribution is 0.103. The van der Waals surface area contributed by atoms with E-state index in [0.717, 1.165) is 39.3 Å². The van der Waals surface area contributed by atoms with E-state index in [2.05, 4.69) is 10.2 Å². The van der Waals surface area contributed by atoms with E-state index in [-0.39, 0.29) is 6.61 Å². The van der Waals surface area contributed by atoms with E-state index < -0.39 is 0 Å². The molecule has 2 aromatic carbocycles. The topological polar surface area (TPSA) is 69.4 Å². The number of aryl methyl sites for hydroxylation is 2. The zero-order valence-corrected chi connectivity index (χ0v) is 17.0. The number of benzene rings is 2. The molecule has 148 valence electrons. The second kappa shape index (κ2) is 10.3. The van der Waals surface area contributed by atoms with Gasteiger partial charge in [0.2, 0.25) is 0 Å². The van der Waals surface area contributed by atoms with Crippen LogP contribution in [0.25, 0.3) is 5.69 Å². The third kappa shape index (κ3) is 5.13. The van der Waals surface area contributed by atoms with Crippen molar-refractivity contribution >= 4 is 11.8 Å². The summed E-state index contributed by atoms with van der Waals surface area (Å²) in [5, 5.41) is 18.3. The van der Waals surface area contributed by atoms with Crippen LogP contribution in [0, 0.1) is 13.8 Å². The summed E-state index contributed by atoms with van der Waals surface area (Å²) in [6.07, 6.45) is 0. The van der Waals surface area contributed by atoms with Gasteiger partial charge in [-0.05, 0) is 37.1 Å². The number of nitrogens with zero attached hydrogens (tertiary/aromatic N) is 3. The first-order valence-electron chi connectivity index (χ1n) is 9.21. The molecule has 1 N–H and O–H groups in total. The first-order valence-corrected chi connectivity index (χ1v) is 10.2. The number of hydrogen-bond donors (Lipinski definition) is 1. The van der Waals surface area contributed by atoms with E-state index >= 15 is 0 Å². The van der Waals surface area contributed by atoms with Crippen LogP contribution in [0.3, 0.4) is 0 Å². The largest absolute Gasteiger partial charge is 0.485 e. The highest BCUT2D eigenvalue weighted by atomic mass is 32.2. The van der Waals surface area contributed by atoms with E-state index in [0.29, 0.717) is 19.8 Å². The van der Waals surface area contributed by atoms with Crippen molar-refractivity contribution in [2.45, 2.75) is 25.6 Å². The zero-order valence-electron chi connectivity index (χ0n) is 16.2. The molecule has 0 radical (unpaired) electrons. The van der Waals surface area contributed by atoms with Gasteiger partial charge >= 0.3 is 0 Å². The lowest BCUT2D eigenvalue weighted by Gasteiger charge is -2.13. The van der Waals surface area contributed by atoms with E-state index in [9.17, 15) is 0 Å². The van der Waals surface area contributed by atoms with Gasteiger partial charge in [-0.15, -0.1) is 10.2 Å². The van der Waals surface area contributed by atoms with Gasteiger partial charge in [-0.3, -0.25) is 4.57 Å². The third-order valence-electron chi connectivity index (χ3n) is 4.16. The average Bonchev–Trinajstić information content (AvgIpc) is 3.11. The molecule has 0 unspecified atom stereocenters. The summed E-state index contributed by atoms with van der Waals surface area (Å²) in [5.74, 6) is 2.35. The maximum Gasteiger partial charge on any atom is 0.196 e. The van der Waals surface area contributed by atoms with Crippen LogP contribution in [0.1, 0.15) is 17.0 Å². The number of rotatable bonds is 10. The summed E-state index contributed by atoms with van der Waals surface area (Å²) in [6, 6.07) is 16.1. The molecule has 6 nitrogen and oxygen atoms in total. The predicted octanol–water partition coefficient (Wildman–Crippen LogP) is 3.56. The Hall–Kier alpha value is -2.35. The van der Waals surface area contributed by atoms with Crippen LogP contribution in [0.5, 0.6) is 5.75 Å². The third-order valence-corrected chi connectivity index (χ3v) is 5.06. The molecule has 7 heteroatoms. The van der Waals surface area contributed by atoms with Crippen LogP contribution in [-0.4, -0.2) is 45.4 Å². The Bertz CT molecular complexity index is 864. The Morgan fingerprint density at radius 1 is 0.964 bits per heavy atom. The van der Waals surface area contributed by atoms with Crippen molar-refractivity contribution in [3.63, 3.8) is 0 Å². The number of aliphatic hydroxyl groups is 1. The van der Waals surface area contributed by atoms with Gasteiger partial charge in [0.05, 0.1) is 19.8 Å². The van der Waals surface area contributed by atoms with Crippen molar-refractivity contribution < 1.29 is 14.6 Å². The number of aliphatic hydroxyl groups excluding tert-OH is 1. The van der Waals surface area contributed by atoms with Gasteiger partial charge in [0, 0.05) is 11.4 Å². The van der Waals surface area contributed by atoms with Gasteiger partial charge in [0.15, 0.2) is 11.0 Å². The van der Waals surface area contributed by atoms with Gasteiger partial charge < -0.3 is 14.6 Å². The van der Waals surface area contributed by atoms with Gasteiger partial charge in [-0.1, -0.05) is 48.2 Å². The number of hydrogen-bond acceptors (Lipinski definition) is 6. The van der Waals surface area contributed by atoms with E-state index in [1.165, 1.54) is 0 Å². The molecule has 0 fully saturated rings. The van der Waals surface area contributed by atoms with Crippen molar-refractivity contribution in [2.75, 3.05) is 25.6 Å². The average molecular weight is 400 g/mol. The van der Waals surface area contributed by atoms with Gasteiger partial charge in [-0.2, -0.15) is 0 Å². The summed E-state index contributed by atoms with van der Waals surface area (Å²) in [7, 11) is 0. The monoisotopic (exact) mass is 399 g/mol. The molecule has 0 aliphatic carbocycles. The molecule has 0 saturated carbocycles. The second-order valence-corrected chi connectivity index (χ2v) is 7.33. The highest BCUT2D eigenvalue weighted by molar-refractivity contribution is 7.99. The first kappa shape index (κ1) is 20.4. The molecule has 0 aliphatic rings. The minimum atomic E-state index is 0.0324. The van der Waals surface area contributed by atoms with Gasteiger partial charge in [0.25, 0.3) is 0 Å². The van der Waals surface area contributed by atoms with E-state index in [4.69, 9.17) is 14.6 Å². The molecule has 28 heavy (non-hydrogen) atoms. The van der Waals surface area contributed by atoms with Crippen molar-refractivity contribution in [1.29, 1.82) is 0 Å². The van der Waals surface area contributed by atoms with Crippen molar-refractivity contribution in [3.8, 4) is 11.4 Å². The number of ether oxygens (including phenoxy) is 2. The maximum absolute atomic E-state index is 8.80. The highest BCUT2D eigenvalue weighted by Crippen LogP contribution is 2.26. The number of aromatic nitrogens is 3. The molecule has 3 aromatic rings. The fourth-order valence-corrected chi connectivity index (χ4v) is 3.67. The molecule has 0 aliphatic heterocycles. The summed E-state index contributed by atoms with van der Waals surface area (Å²) in [4.78, 5) is 0. The molecule has 0 saturated heterocycles. The highest BCUT2D eigenvalue weighted by Gasteiger charge is 2.16. The van der Waals surface area contributed by atoms with Crippen LogP contribution < -0.4 is 4.74 Å². The van der Waals surface area contributed by atoms with Crippen LogP contribution in [0.2, 0.25) is 0 Å². The van der Waals surface area contributed by atoms with Crippen molar-refractivity contribution in [2.24, 2.45) is 0 Å². The Labute approximate surface area is 169 Å². The summed E-state index contributed by atoms with van der Waals surface area (Å²) >= 11 is 1.57. The fourth-order valence-electron chi connectivity index (χ4n) is 2.85. The lowest BCUT2D eigenvalue weighted by Crippen LogP contribution is -2.08. The summed E-state index contributed by atoms with van der Waals surface area (Å²) in [6.45, 7) is 5.33. The van der Waals surface area contributed by atoms with Crippen LogP contribution in [-0.2, 0) is 11.3 Å². The molecular weight excluding hydrogens is 374 g/mol. The number of thioether (sulfide) groups is 1. The molecule has 3 rings (SSSR count). The molecular formula is C21H25N3O3S. The normalized spacial score (nSPS) is 11.0. The first-order chi connectivity index (χ1) is 13.7. The zero-order chi connectivity index (χ0) is 19.8. The maximum atomic E-state index is 8.80. The second-order valence-electron chi connectivity index (χ2n) is 6.26. The van der Waals surface area contributed by atoms with Gasteiger partial charge in [0.1, 0.15) is 12.4 Å².